The first-order valence-corrected chi connectivity index (χ1v) is 15.3. The number of hydrogen-bond acceptors (Lipinski definition) is 8. The van der Waals surface area contributed by atoms with Crippen molar-refractivity contribution in [2.75, 3.05) is 39.5 Å². The van der Waals surface area contributed by atoms with E-state index >= 15 is 0 Å². The van der Waals surface area contributed by atoms with E-state index in [2.05, 4.69) is 41.7 Å². The number of fused-ring (bicyclic) bond motifs is 1. The van der Waals surface area contributed by atoms with Gasteiger partial charge < -0.3 is 19.3 Å². The van der Waals surface area contributed by atoms with Gasteiger partial charge in [-0.05, 0) is 68.2 Å². The standard InChI is InChI=1S/C29H36N4O7S/c1-3-33-20(2)16-22(25-6-4-5-7-26(25)33)17-40-23-8-10-24(11-9-23)41(37,38)31-29(28(35)30-36)18-32(19-29)27(34)21-12-14-39-15-13-21/h4-11,16,21,26,31,36H,3,12-15,17-19H2,1-2H3,(H,30,35). The SMILES string of the molecule is CCN1C(C)=CC(COc2ccc(S(=O)(=O)NC3(C(=O)NO)CN(C(=O)C4CCOCC4)C3)cc2)=C2C=CC=CC21. The van der Waals surface area contributed by atoms with E-state index in [0.29, 0.717) is 38.4 Å². The van der Waals surface area contributed by atoms with Gasteiger partial charge in [0.25, 0.3) is 5.91 Å². The number of allylic oxidation sites excluding steroid dienone is 3. The molecule has 0 radical (unpaired) electrons. The number of likely N-dealkylation sites (N-methyl/N-ethyl adjacent to an activating group) is 1. The summed E-state index contributed by atoms with van der Waals surface area (Å²) in [6.07, 6.45) is 11.6. The Morgan fingerprint density at radius 3 is 2.51 bits per heavy atom. The number of ether oxygens (including phenoxy) is 2. The Morgan fingerprint density at radius 2 is 1.85 bits per heavy atom. The van der Waals surface area contributed by atoms with Crippen molar-refractivity contribution in [1.82, 2.24) is 20.0 Å². The third kappa shape index (κ3) is 5.82. The van der Waals surface area contributed by atoms with Crippen LogP contribution in [0, 0.1) is 5.92 Å². The molecule has 2 saturated heterocycles. The van der Waals surface area contributed by atoms with E-state index in [-0.39, 0.29) is 35.9 Å². The molecule has 220 valence electrons. The lowest BCUT2D eigenvalue weighted by molar-refractivity contribution is -0.155. The van der Waals surface area contributed by atoms with Crippen LogP contribution < -0.4 is 14.9 Å². The topological polar surface area (TPSA) is 138 Å². The average Bonchev–Trinajstić information content (AvgIpc) is 2.97. The molecule has 1 atom stereocenters. The number of nitrogens with one attached hydrogen (secondary N) is 2. The Hall–Kier alpha value is -3.45. The molecule has 12 heteroatoms. The van der Waals surface area contributed by atoms with Crippen molar-refractivity contribution in [3.63, 3.8) is 0 Å². The minimum atomic E-state index is -4.17. The molecule has 3 heterocycles. The van der Waals surface area contributed by atoms with Crippen molar-refractivity contribution in [3.8, 4) is 5.75 Å². The molecular formula is C29H36N4O7S. The highest BCUT2D eigenvalue weighted by molar-refractivity contribution is 7.89. The average molecular weight is 585 g/mol. The molecule has 1 aromatic carbocycles. The Labute approximate surface area is 240 Å². The van der Waals surface area contributed by atoms with Gasteiger partial charge in [-0.2, -0.15) is 4.72 Å². The summed E-state index contributed by atoms with van der Waals surface area (Å²) in [5.41, 5.74) is 3.24. The zero-order chi connectivity index (χ0) is 29.2. The van der Waals surface area contributed by atoms with Gasteiger partial charge in [-0.3, -0.25) is 14.8 Å². The third-order valence-electron chi connectivity index (χ3n) is 8.08. The van der Waals surface area contributed by atoms with Crippen LogP contribution in [-0.2, 0) is 24.3 Å². The van der Waals surface area contributed by atoms with Crippen molar-refractivity contribution < 1.29 is 32.7 Å². The van der Waals surface area contributed by atoms with Gasteiger partial charge in [0, 0.05) is 31.4 Å². The van der Waals surface area contributed by atoms with Crippen LogP contribution >= 0.6 is 0 Å². The van der Waals surface area contributed by atoms with Crippen LogP contribution in [0.1, 0.15) is 26.7 Å². The van der Waals surface area contributed by atoms with Gasteiger partial charge in [0.05, 0.1) is 24.0 Å². The minimum Gasteiger partial charge on any atom is -0.489 e. The number of carbonyl (C=O) groups is 2. The molecule has 2 fully saturated rings. The third-order valence-corrected chi connectivity index (χ3v) is 9.63. The first kappa shape index (κ1) is 29.1. The first-order valence-electron chi connectivity index (χ1n) is 13.8. The molecule has 0 spiro atoms. The maximum Gasteiger partial charge on any atom is 0.268 e. The molecule has 1 unspecified atom stereocenters. The van der Waals surface area contributed by atoms with Crippen LogP contribution in [-0.4, -0.2) is 86.3 Å². The zero-order valence-electron chi connectivity index (χ0n) is 23.2. The highest BCUT2D eigenvalue weighted by atomic mass is 32.2. The highest BCUT2D eigenvalue weighted by Gasteiger charge is 2.54. The molecule has 5 rings (SSSR count). The van der Waals surface area contributed by atoms with E-state index in [1.54, 1.807) is 17.6 Å². The lowest BCUT2D eigenvalue weighted by atomic mass is 9.87. The monoisotopic (exact) mass is 584 g/mol. The smallest absolute Gasteiger partial charge is 0.268 e. The predicted molar refractivity (Wildman–Crippen MR) is 150 cm³/mol. The molecule has 0 saturated carbocycles. The van der Waals surface area contributed by atoms with Gasteiger partial charge in [-0.1, -0.05) is 24.3 Å². The van der Waals surface area contributed by atoms with E-state index in [0.717, 1.165) is 17.8 Å². The number of sulfonamides is 1. The largest absolute Gasteiger partial charge is 0.489 e. The minimum absolute atomic E-state index is 0.0707. The fourth-order valence-corrected chi connectivity index (χ4v) is 7.17. The molecule has 11 nitrogen and oxygen atoms in total. The van der Waals surface area contributed by atoms with Crippen molar-refractivity contribution in [1.29, 1.82) is 0 Å². The number of hydroxylamine groups is 1. The number of nitrogens with zero attached hydrogens (tertiary/aromatic N) is 2. The van der Waals surface area contributed by atoms with E-state index in [9.17, 15) is 23.2 Å². The van der Waals surface area contributed by atoms with Crippen LogP contribution in [0.2, 0.25) is 0 Å². The van der Waals surface area contributed by atoms with E-state index in [4.69, 9.17) is 9.47 Å². The maximum atomic E-state index is 13.2. The quantitative estimate of drug-likeness (QED) is 0.296. The summed E-state index contributed by atoms with van der Waals surface area (Å²) in [7, 11) is -4.17. The summed E-state index contributed by atoms with van der Waals surface area (Å²) in [5, 5.41) is 9.31. The highest BCUT2D eigenvalue weighted by Crippen LogP contribution is 2.32. The normalized spacial score (nSPS) is 22.1. The summed E-state index contributed by atoms with van der Waals surface area (Å²) in [5.74, 6) is -0.806. The number of benzene rings is 1. The molecular weight excluding hydrogens is 548 g/mol. The van der Waals surface area contributed by atoms with Crippen molar-refractivity contribution in [3.05, 3.63) is 71.5 Å². The number of rotatable bonds is 9. The zero-order valence-corrected chi connectivity index (χ0v) is 24.0. The van der Waals surface area contributed by atoms with Gasteiger partial charge in [0.15, 0.2) is 0 Å². The molecule has 0 aromatic heterocycles. The summed E-state index contributed by atoms with van der Waals surface area (Å²) in [6.45, 7) is 6.02. The first-order chi connectivity index (χ1) is 19.7. The molecule has 3 aliphatic heterocycles. The van der Waals surface area contributed by atoms with Crippen LogP contribution in [0.25, 0.3) is 0 Å². The molecule has 4 aliphatic rings. The molecule has 2 amide bonds. The molecule has 3 N–H and O–H groups in total. The summed E-state index contributed by atoms with van der Waals surface area (Å²) in [6, 6.07) is 6.08. The predicted octanol–water partition coefficient (Wildman–Crippen LogP) is 1.89. The van der Waals surface area contributed by atoms with Crippen LogP contribution in [0.15, 0.2) is 76.4 Å². The van der Waals surface area contributed by atoms with E-state index in [1.807, 2.05) is 12.2 Å². The van der Waals surface area contributed by atoms with Crippen LogP contribution in [0.3, 0.4) is 0 Å². The van der Waals surface area contributed by atoms with Gasteiger partial charge in [-0.25, -0.2) is 13.9 Å². The van der Waals surface area contributed by atoms with Crippen molar-refractivity contribution >= 4 is 21.8 Å². The number of hydrogen-bond donors (Lipinski definition) is 3. The van der Waals surface area contributed by atoms with Crippen molar-refractivity contribution in [2.45, 2.75) is 43.2 Å². The van der Waals surface area contributed by atoms with E-state index in [1.165, 1.54) is 22.6 Å². The summed E-state index contributed by atoms with van der Waals surface area (Å²) < 4.78 is 40.2. The number of likely N-dealkylation sites (tertiary alicyclic amines) is 1. The van der Waals surface area contributed by atoms with E-state index < -0.39 is 21.5 Å². The fourth-order valence-electron chi connectivity index (χ4n) is 5.83. The lowest BCUT2D eigenvalue weighted by Gasteiger charge is -2.49. The molecule has 41 heavy (non-hydrogen) atoms. The maximum absolute atomic E-state index is 13.2. The molecule has 1 aromatic rings. The fraction of sp³-hybridized carbons (Fsp3) is 0.448. The molecule has 1 aliphatic carbocycles. The second-order valence-corrected chi connectivity index (χ2v) is 12.4. The van der Waals surface area contributed by atoms with Gasteiger partial charge in [-0.15, -0.1) is 0 Å². The molecule has 0 bridgehead atoms. The van der Waals surface area contributed by atoms with Crippen LogP contribution in [0.5, 0.6) is 5.75 Å². The van der Waals surface area contributed by atoms with Gasteiger partial charge in [0.2, 0.25) is 15.9 Å². The van der Waals surface area contributed by atoms with Gasteiger partial charge in [0.1, 0.15) is 17.9 Å². The Bertz CT molecular complexity index is 1400. The van der Waals surface area contributed by atoms with Crippen LogP contribution in [0.4, 0.5) is 0 Å². The van der Waals surface area contributed by atoms with Crippen molar-refractivity contribution in [2.24, 2.45) is 5.92 Å². The van der Waals surface area contributed by atoms with Gasteiger partial charge >= 0.3 is 0 Å². The lowest BCUT2D eigenvalue weighted by Crippen LogP contribution is -2.77. The second-order valence-electron chi connectivity index (χ2n) is 10.7. The number of carbonyl (C=O) groups excluding carboxylic acids is 2. The Balaban J connectivity index is 1.24. The Morgan fingerprint density at radius 1 is 1.15 bits per heavy atom. The summed E-state index contributed by atoms with van der Waals surface area (Å²) in [4.78, 5) is 29.0. The number of amides is 2. The summed E-state index contributed by atoms with van der Waals surface area (Å²) >= 11 is 0. The Kier molecular flexibility index (Phi) is 8.37. The second kappa shape index (κ2) is 11.8.